The number of amides is 1. The Hall–Kier alpha value is -3.46. The standard InChI is InChI=1S/C21H18N4O4S/c1-12(26)24-16-10-6-4-8-14(16)18-19(28)22-21(30-3)23-25(18)20(24)15-9-5-7-11-17(15)29-13(2)27/h4-11,20H,1-3H3/p+1/t20-/m0/s1. The van der Waals surface area contributed by atoms with Crippen molar-refractivity contribution in [2.75, 3.05) is 11.2 Å². The summed E-state index contributed by atoms with van der Waals surface area (Å²) in [7, 11) is 0. The summed E-state index contributed by atoms with van der Waals surface area (Å²) in [6, 6.07) is 14.1. The van der Waals surface area contributed by atoms with E-state index in [0.717, 1.165) is 0 Å². The lowest BCUT2D eigenvalue weighted by atomic mass is 10.0. The fraction of sp³-hybridized carbons (Fsp3) is 0.190. The number of fused-ring (bicyclic) bond motifs is 3. The van der Waals surface area contributed by atoms with Crippen molar-refractivity contribution in [3.8, 4) is 17.0 Å². The third kappa shape index (κ3) is 3.26. The molecule has 0 fully saturated rings. The molecule has 2 aromatic carbocycles. The summed E-state index contributed by atoms with van der Waals surface area (Å²) >= 11 is 1.28. The molecule has 0 aliphatic carbocycles. The Kier molecular flexibility index (Phi) is 5.13. The average molecular weight is 423 g/mol. The highest BCUT2D eigenvalue weighted by atomic mass is 32.2. The fourth-order valence-electron chi connectivity index (χ4n) is 3.63. The van der Waals surface area contributed by atoms with Gasteiger partial charge in [0, 0.05) is 18.9 Å². The van der Waals surface area contributed by atoms with E-state index in [4.69, 9.17) is 4.74 Å². The van der Waals surface area contributed by atoms with Crippen LogP contribution < -0.4 is 19.9 Å². The maximum atomic E-state index is 13.0. The molecule has 1 atom stereocenters. The number of anilines is 1. The molecule has 1 aromatic heterocycles. The molecule has 0 spiro atoms. The summed E-state index contributed by atoms with van der Waals surface area (Å²) in [5.74, 6) is -0.426. The Bertz CT molecular complexity index is 1220. The van der Waals surface area contributed by atoms with E-state index < -0.39 is 12.1 Å². The van der Waals surface area contributed by atoms with Crippen LogP contribution in [0.5, 0.6) is 5.75 Å². The molecule has 8 nitrogen and oxygen atoms in total. The smallest absolute Gasteiger partial charge is 0.325 e. The molecule has 0 saturated carbocycles. The summed E-state index contributed by atoms with van der Waals surface area (Å²) in [5, 5.41) is 5.00. The van der Waals surface area contributed by atoms with Crippen LogP contribution in [0.4, 0.5) is 5.69 Å². The molecule has 9 heteroatoms. The van der Waals surface area contributed by atoms with Gasteiger partial charge < -0.3 is 4.74 Å². The zero-order valence-corrected chi connectivity index (χ0v) is 17.4. The monoisotopic (exact) mass is 423 g/mol. The van der Waals surface area contributed by atoms with Crippen molar-refractivity contribution in [3.05, 3.63) is 64.4 Å². The van der Waals surface area contributed by atoms with Gasteiger partial charge in [-0.05, 0) is 35.2 Å². The number of nitrogens with one attached hydrogen (secondary N) is 1. The molecule has 0 saturated heterocycles. The molecular weight excluding hydrogens is 404 g/mol. The number of hydrogen-bond acceptors (Lipinski definition) is 6. The van der Waals surface area contributed by atoms with Gasteiger partial charge in [0.15, 0.2) is 0 Å². The number of carbonyl (C=O) groups is 2. The van der Waals surface area contributed by atoms with E-state index in [2.05, 4.69) is 10.1 Å². The van der Waals surface area contributed by atoms with E-state index in [1.165, 1.54) is 30.3 Å². The Labute approximate surface area is 176 Å². The number of thioether (sulfide) groups is 1. The minimum Gasteiger partial charge on any atom is -0.426 e. The van der Waals surface area contributed by atoms with Gasteiger partial charge in [-0.3, -0.25) is 19.4 Å². The van der Waals surface area contributed by atoms with Crippen molar-refractivity contribution < 1.29 is 19.0 Å². The third-order valence-corrected chi connectivity index (χ3v) is 5.31. The summed E-state index contributed by atoms with van der Waals surface area (Å²) in [4.78, 5) is 41.8. The molecule has 30 heavy (non-hydrogen) atoms. The van der Waals surface area contributed by atoms with E-state index >= 15 is 0 Å². The normalized spacial score (nSPS) is 14.6. The lowest BCUT2D eigenvalue weighted by molar-refractivity contribution is -0.763. The zero-order chi connectivity index (χ0) is 21.4. The number of aromatic nitrogens is 3. The lowest BCUT2D eigenvalue weighted by Gasteiger charge is -2.31. The number of carbonyl (C=O) groups excluding carboxylic acids is 2. The number of para-hydroxylation sites is 2. The van der Waals surface area contributed by atoms with Gasteiger partial charge in [0.2, 0.25) is 11.1 Å². The first-order valence-electron chi connectivity index (χ1n) is 9.19. The number of H-pyrrole nitrogens is 1. The number of benzene rings is 2. The molecule has 1 aliphatic heterocycles. The molecule has 1 amide bonds. The van der Waals surface area contributed by atoms with Crippen LogP contribution in [-0.2, 0) is 9.59 Å². The van der Waals surface area contributed by atoms with Gasteiger partial charge in [0.1, 0.15) is 5.75 Å². The SMILES string of the molecule is CSc1n[n+]2c(c(=O)[nH]1)-c1ccccc1N(C(C)=O)[C@@H]2c1ccccc1OC(C)=O. The van der Waals surface area contributed by atoms with E-state index in [-0.39, 0.29) is 11.5 Å². The quantitative estimate of drug-likeness (QED) is 0.301. The number of aromatic amines is 1. The summed E-state index contributed by atoms with van der Waals surface area (Å²) in [6.45, 7) is 2.76. The van der Waals surface area contributed by atoms with Crippen molar-refractivity contribution in [1.82, 2.24) is 10.1 Å². The number of esters is 1. The molecule has 3 aromatic rings. The van der Waals surface area contributed by atoms with Crippen LogP contribution in [-0.4, -0.2) is 28.2 Å². The molecule has 152 valence electrons. The third-order valence-electron chi connectivity index (χ3n) is 4.74. The first kappa shape index (κ1) is 19.8. The van der Waals surface area contributed by atoms with Gasteiger partial charge in [0.05, 0.1) is 16.8 Å². The maximum absolute atomic E-state index is 13.0. The molecule has 2 heterocycles. The first-order valence-corrected chi connectivity index (χ1v) is 10.4. The molecular formula is C21H19N4O4S+. The first-order chi connectivity index (χ1) is 14.4. The van der Waals surface area contributed by atoms with Crippen LogP contribution in [0, 0.1) is 0 Å². The fourth-order valence-corrected chi connectivity index (χ4v) is 3.99. The second-order valence-corrected chi connectivity index (χ2v) is 7.46. The van der Waals surface area contributed by atoms with Gasteiger partial charge in [-0.15, -0.1) is 0 Å². The summed E-state index contributed by atoms with van der Waals surface area (Å²) < 4.78 is 6.93. The van der Waals surface area contributed by atoms with Gasteiger partial charge >= 0.3 is 17.2 Å². The Balaban J connectivity index is 2.09. The van der Waals surface area contributed by atoms with Crippen LogP contribution in [0.3, 0.4) is 0 Å². The topological polar surface area (TPSA) is 96.2 Å². The minimum atomic E-state index is -0.809. The largest absolute Gasteiger partial charge is 0.426 e. The number of ether oxygens (including phenoxy) is 1. The summed E-state index contributed by atoms with van der Waals surface area (Å²) in [6.07, 6.45) is 0.989. The van der Waals surface area contributed by atoms with Crippen molar-refractivity contribution in [2.24, 2.45) is 0 Å². The Morgan fingerprint density at radius 3 is 2.53 bits per heavy atom. The second-order valence-electron chi connectivity index (χ2n) is 6.67. The second kappa shape index (κ2) is 7.75. The van der Waals surface area contributed by atoms with E-state index in [9.17, 15) is 14.4 Å². The highest BCUT2D eigenvalue weighted by Gasteiger charge is 2.46. The van der Waals surface area contributed by atoms with Crippen molar-refractivity contribution >= 4 is 29.3 Å². The Morgan fingerprint density at radius 1 is 1.13 bits per heavy atom. The maximum Gasteiger partial charge on any atom is 0.325 e. The Morgan fingerprint density at radius 2 is 1.83 bits per heavy atom. The van der Waals surface area contributed by atoms with Crippen molar-refractivity contribution in [2.45, 2.75) is 25.2 Å². The van der Waals surface area contributed by atoms with Gasteiger partial charge in [0.25, 0.3) is 6.17 Å². The highest BCUT2D eigenvalue weighted by molar-refractivity contribution is 7.98. The molecule has 0 unspecified atom stereocenters. The number of rotatable bonds is 3. The average Bonchev–Trinajstić information content (AvgIpc) is 2.72. The van der Waals surface area contributed by atoms with Gasteiger partial charge in [-0.1, -0.05) is 36.0 Å². The number of hydrogen-bond donors (Lipinski definition) is 1. The predicted octanol–water partition coefficient (Wildman–Crippen LogP) is 2.29. The molecule has 0 radical (unpaired) electrons. The molecule has 1 aliphatic rings. The zero-order valence-electron chi connectivity index (χ0n) is 16.6. The van der Waals surface area contributed by atoms with Gasteiger partial charge in [-0.25, -0.2) is 4.90 Å². The van der Waals surface area contributed by atoms with Crippen LogP contribution >= 0.6 is 11.8 Å². The highest BCUT2D eigenvalue weighted by Crippen LogP contribution is 2.39. The number of nitrogens with zero attached hydrogens (tertiary/aromatic N) is 3. The van der Waals surface area contributed by atoms with Crippen molar-refractivity contribution in [3.63, 3.8) is 0 Å². The van der Waals surface area contributed by atoms with E-state index in [1.54, 1.807) is 59.7 Å². The predicted molar refractivity (Wildman–Crippen MR) is 111 cm³/mol. The molecule has 4 rings (SSSR count). The van der Waals surface area contributed by atoms with E-state index in [1.807, 2.05) is 0 Å². The lowest BCUT2D eigenvalue weighted by Crippen LogP contribution is -2.60. The summed E-state index contributed by atoms with van der Waals surface area (Å²) in [5.41, 5.74) is 1.71. The van der Waals surface area contributed by atoms with Crippen LogP contribution in [0.2, 0.25) is 0 Å². The van der Waals surface area contributed by atoms with E-state index in [0.29, 0.717) is 33.4 Å². The minimum absolute atomic E-state index is 0.240. The molecule has 0 bridgehead atoms. The molecule has 1 N–H and O–H groups in total. The van der Waals surface area contributed by atoms with Crippen LogP contribution in [0.15, 0.2) is 58.5 Å². The van der Waals surface area contributed by atoms with Crippen LogP contribution in [0.25, 0.3) is 11.3 Å². The van der Waals surface area contributed by atoms with Gasteiger partial charge in [-0.2, -0.15) is 0 Å². The van der Waals surface area contributed by atoms with Crippen molar-refractivity contribution in [1.29, 1.82) is 0 Å². The van der Waals surface area contributed by atoms with Crippen LogP contribution in [0.1, 0.15) is 25.6 Å².